The van der Waals surface area contributed by atoms with Crippen molar-refractivity contribution in [3.63, 3.8) is 0 Å². The number of hydrogen-bond acceptors (Lipinski definition) is 3. The second-order valence-corrected chi connectivity index (χ2v) is 31.8. The molecule has 120 heavy (non-hydrogen) atoms. The monoisotopic (exact) mass is 1520 g/mol. The largest absolute Gasteiger partial charge is 0.456 e. The average Bonchev–Trinajstić information content (AvgIpc) is 0.933. The highest BCUT2D eigenvalue weighted by molar-refractivity contribution is 7.00. The summed E-state index contributed by atoms with van der Waals surface area (Å²) in [5.41, 5.74) is 38.5. The van der Waals surface area contributed by atoms with Crippen LogP contribution in [0.15, 0.2) is 447 Å². The van der Waals surface area contributed by atoms with E-state index in [9.17, 15) is 0 Å². The number of fused-ring (bicyclic) bond motifs is 13. The Morgan fingerprint density at radius 1 is 0.183 bits per heavy atom. The molecule has 0 atom stereocenters. The number of benzene rings is 19. The molecule has 0 spiro atoms. The fourth-order valence-corrected chi connectivity index (χ4v) is 19.6. The van der Waals surface area contributed by atoms with E-state index in [0.717, 1.165) is 179 Å². The number of aromatic nitrogens is 2. The van der Waals surface area contributed by atoms with Crippen LogP contribution in [0.5, 0.6) is 0 Å². The summed E-state index contributed by atoms with van der Waals surface area (Å²) in [5.74, 6) is 0. The first-order chi connectivity index (χ1) is 59.5. The molecule has 0 unspecified atom stereocenters. The van der Waals surface area contributed by atoms with Crippen LogP contribution in [0.1, 0.15) is 0 Å². The van der Waals surface area contributed by atoms with Crippen LogP contribution in [0.4, 0.5) is 34.1 Å². The lowest BCUT2D eigenvalue weighted by Crippen LogP contribution is -2.61. The predicted octanol–water partition coefficient (Wildman–Crippen LogP) is 28.9. The van der Waals surface area contributed by atoms with Gasteiger partial charge < -0.3 is 23.4 Å². The minimum Gasteiger partial charge on any atom is -0.456 e. The minimum atomic E-state index is -0.324. The first kappa shape index (κ1) is 68.6. The molecule has 0 saturated carbocycles. The fraction of sp³-hybridized carbons (Fsp3) is 0. The lowest BCUT2D eigenvalue weighted by molar-refractivity contribution is 0.669. The van der Waals surface area contributed by atoms with Crippen LogP contribution in [0.3, 0.4) is 0 Å². The zero-order chi connectivity index (χ0) is 78.9. The van der Waals surface area contributed by atoms with Gasteiger partial charge >= 0.3 is 0 Å². The Hall–Kier alpha value is -15.8. The van der Waals surface area contributed by atoms with Crippen molar-refractivity contribution in [2.75, 3.05) is 9.80 Å². The van der Waals surface area contributed by atoms with Gasteiger partial charge in [0.1, 0.15) is 11.2 Å². The van der Waals surface area contributed by atoms with Gasteiger partial charge in [-0.3, -0.25) is 0 Å². The number of para-hydroxylation sites is 5. The Morgan fingerprint density at radius 3 is 0.892 bits per heavy atom. The topological polar surface area (TPSA) is 29.5 Å². The lowest BCUT2D eigenvalue weighted by atomic mass is 9.33. The maximum atomic E-state index is 6.74. The van der Waals surface area contributed by atoms with Gasteiger partial charge in [0.2, 0.25) is 0 Å². The third-order valence-corrected chi connectivity index (χ3v) is 25.0. The molecule has 0 amide bonds. The molecular formula is C114H73BN4O. The zero-order valence-corrected chi connectivity index (χ0v) is 65.4. The van der Waals surface area contributed by atoms with E-state index in [0.29, 0.717) is 0 Å². The molecule has 6 heteroatoms. The van der Waals surface area contributed by atoms with Crippen LogP contribution in [-0.4, -0.2) is 15.8 Å². The van der Waals surface area contributed by atoms with Gasteiger partial charge in [0.25, 0.3) is 6.71 Å². The van der Waals surface area contributed by atoms with Gasteiger partial charge in [-0.25, -0.2) is 0 Å². The molecule has 24 rings (SSSR count). The molecule has 0 bridgehead atoms. The van der Waals surface area contributed by atoms with Crippen LogP contribution < -0.4 is 26.2 Å². The van der Waals surface area contributed by atoms with Gasteiger partial charge in [-0.2, -0.15) is 0 Å². The second-order valence-electron chi connectivity index (χ2n) is 31.8. The number of anilines is 6. The SMILES string of the molecule is c1ccc(-c2cc(-c3ccccc3)c(N3c4cc(-c5ccc6c(c5)c5ccccc5n6-c5ccccc5)ccc4B4c5ccc(-c6ccc7c(c6)c6ccccc6n7-c6ccccc6)cc5N(c5c(-c6ccccc6)cc(-c6ccccc6)cc5-c5ccccc5)c5cc(-c6ccc7oc8ccccc8c7c6)cc3c54)c(-c3ccccc3)c2)cc1. The Balaban J connectivity index is 0.857. The van der Waals surface area contributed by atoms with Gasteiger partial charge in [0, 0.05) is 88.7 Å². The van der Waals surface area contributed by atoms with Crippen LogP contribution >= 0.6 is 0 Å². The lowest BCUT2D eigenvalue weighted by Gasteiger charge is -2.46. The van der Waals surface area contributed by atoms with Crippen LogP contribution in [0, 0.1) is 0 Å². The highest BCUT2D eigenvalue weighted by Gasteiger charge is 2.46. The summed E-state index contributed by atoms with van der Waals surface area (Å²) in [6.45, 7) is -0.324. The molecule has 0 N–H and O–H groups in total. The standard InChI is InChI=1S/C114H73BN4O/c1-9-31-74(32-10-1)85-66-93(76-35-13-3-14-36-76)113(94(67-85)77-37-15-4-16-38-77)118-106-70-83(80-55-60-104-97(63-80)90-47-25-28-50-102(90)116(104)88-43-21-7-22-44-88)53-58-100(106)115-101-59-54-84(81-56-61-105-98(64-81)91-48-26-29-51-103(91)117(105)89-45-23-8-24-46-89)71-107(101)119(109-73-87(72-108(118)112(109)115)82-57-62-111-99(65-82)92-49-27-30-52-110(92)120-111)114-95(78-39-17-5-18-40-78)68-86(75-33-11-2-12-34-75)69-96(114)79-41-19-6-20-42-79/h1-73H. The maximum Gasteiger partial charge on any atom is 0.252 e. The molecular weight excluding hydrogens is 1450 g/mol. The van der Waals surface area contributed by atoms with Crippen molar-refractivity contribution in [3.8, 4) is 112 Å². The molecule has 2 aliphatic heterocycles. The Kier molecular flexibility index (Phi) is 16.0. The van der Waals surface area contributed by atoms with Gasteiger partial charge in [-0.1, -0.05) is 315 Å². The summed E-state index contributed by atoms with van der Waals surface area (Å²) in [6, 6.07) is 165. The highest BCUT2D eigenvalue weighted by Crippen LogP contribution is 2.56. The molecule has 558 valence electrons. The summed E-state index contributed by atoms with van der Waals surface area (Å²) in [5, 5.41) is 6.92. The van der Waals surface area contributed by atoms with E-state index >= 15 is 0 Å². The van der Waals surface area contributed by atoms with Crippen LogP contribution in [0.2, 0.25) is 0 Å². The second kappa shape index (κ2) is 28.0. The molecule has 5 nitrogen and oxygen atoms in total. The molecule has 0 fully saturated rings. The number of furan rings is 1. The van der Waals surface area contributed by atoms with Crippen molar-refractivity contribution in [3.05, 3.63) is 443 Å². The van der Waals surface area contributed by atoms with E-state index in [1.54, 1.807) is 0 Å². The van der Waals surface area contributed by atoms with Crippen LogP contribution in [-0.2, 0) is 0 Å². The summed E-state index contributed by atoms with van der Waals surface area (Å²) >= 11 is 0. The van der Waals surface area contributed by atoms with E-state index < -0.39 is 0 Å². The van der Waals surface area contributed by atoms with Gasteiger partial charge in [-0.05, 0) is 222 Å². The normalized spacial score (nSPS) is 12.3. The molecule has 5 heterocycles. The third kappa shape index (κ3) is 11.2. The van der Waals surface area contributed by atoms with E-state index in [1.807, 2.05) is 0 Å². The smallest absolute Gasteiger partial charge is 0.252 e. The fourth-order valence-electron chi connectivity index (χ4n) is 19.6. The zero-order valence-electron chi connectivity index (χ0n) is 65.4. The predicted molar refractivity (Wildman–Crippen MR) is 505 cm³/mol. The number of hydrogen-bond donors (Lipinski definition) is 0. The summed E-state index contributed by atoms with van der Waals surface area (Å²) in [6.07, 6.45) is 0. The Labute approximate surface area is 695 Å². The van der Waals surface area contributed by atoms with Crippen molar-refractivity contribution >= 4 is 123 Å². The van der Waals surface area contributed by atoms with Crippen molar-refractivity contribution in [2.45, 2.75) is 0 Å². The van der Waals surface area contributed by atoms with Gasteiger partial charge in [0.15, 0.2) is 0 Å². The van der Waals surface area contributed by atoms with Gasteiger partial charge in [0.05, 0.1) is 33.4 Å². The highest BCUT2D eigenvalue weighted by atomic mass is 16.3. The van der Waals surface area contributed by atoms with E-state index in [-0.39, 0.29) is 6.71 Å². The average molecular weight is 1530 g/mol. The minimum absolute atomic E-state index is 0.324. The van der Waals surface area contributed by atoms with Crippen molar-refractivity contribution in [1.82, 2.24) is 9.13 Å². The van der Waals surface area contributed by atoms with E-state index in [1.165, 1.54) is 49.0 Å². The molecule has 22 aromatic rings. The maximum absolute atomic E-state index is 6.74. The molecule has 19 aromatic carbocycles. The first-order valence-corrected chi connectivity index (χ1v) is 41.4. The first-order valence-electron chi connectivity index (χ1n) is 41.4. The summed E-state index contributed by atoms with van der Waals surface area (Å²) in [7, 11) is 0. The van der Waals surface area contributed by atoms with Crippen molar-refractivity contribution in [1.29, 1.82) is 0 Å². The Morgan fingerprint density at radius 2 is 0.475 bits per heavy atom. The number of nitrogens with zero attached hydrogens (tertiary/aromatic N) is 4. The molecule has 0 aliphatic carbocycles. The van der Waals surface area contributed by atoms with Crippen molar-refractivity contribution < 1.29 is 4.42 Å². The summed E-state index contributed by atoms with van der Waals surface area (Å²) in [4.78, 5) is 5.41. The van der Waals surface area contributed by atoms with Gasteiger partial charge in [-0.15, -0.1) is 0 Å². The van der Waals surface area contributed by atoms with Crippen molar-refractivity contribution in [2.24, 2.45) is 0 Å². The Bertz CT molecular complexity index is 7290. The van der Waals surface area contributed by atoms with Crippen LogP contribution in [0.25, 0.3) is 177 Å². The summed E-state index contributed by atoms with van der Waals surface area (Å²) < 4.78 is 11.6. The molecule has 2 aliphatic rings. The molecule has 0 saturated heterocycles. The third-order valence-electron chi connectivity index (χ3n) is 25.0. The molecule has 3 aromatic heterocycles. The molecule has 0 radical (unpaired) electrons. The van der Waals surface area contributed by atoms with E-state index in [2.05, 4.69) is 462 Å². The quantitative estimate of drug-likeness (QED) is 0.108. The van der Waals surface area contributed by atoms with E-state index in [4.69, 9.17) is 4.42 Å². The number of rotatable bonds is 13.